The van der Waals surface area contributed by atoms with E-state index in [1.807, 2.05) is 12.4 Å². The van der Waals surface area contributed by atoms with Gasteiger partial charge in [0.15, 0.2) is 11.1 Å². The van der Waals surface area contributed by atoms with Crippen molar-refractivity contribution >= 4 is 60.1 Å². The molecule has 0 amide bonds. The van der Waals surface area contributed by atoms with Crippen LogP contribution in [0, 0.1) is 6.92 Å². The van der Waals surface area contributed by atoms with Gasteiger partial charge in [0.2, 0.25) is 0 Å². The van der Waals surface area contributed by atoms with E-state index < -0.39 is 0 Å². The fourth-order valence-corrected chi connectivity index (χ4v) is 5.00. The highest BCUT2D eigenvalue weighted by molar-refractivity contribution is 6.28. The summed E-state index contributed by atoms with van der Waals surface area (Å²) in [5.41, 5.74) is 7.93. The summed E-state index contributed by atoms with van der Waals surface area (Å²) < 4.78 is 10.5. The van der Waals surface area contributed by atoms with Crippen LogP contribution in [-0.4, -0.2) is 9.38 Å². The maximum atomic E-state index is 6.01. The maximum Gasteiger partial charge on any atom is 0.287 e. The predicted molar refractivity (Wildman–Crippen MR) is 112 cm³/mol. The van der Waals surface area contributed by atoms with Crippen molar-refractivity contribution in [2.24, 2.45) is 7.05 Å². The Morgan fingerprint density at radius 1 is 0.964 bits per heavy atom. The van der Waals surface area contributed by atoms with Crippen LogP contribution in [0.2, 0.25) is 0 Å². The fraction of sp³-hybridized carbons (Fsp3) is 0.0833. The highest BCUT2D eigenvalue weighted by Gasteiger charge is 2.25. The van der Waals surface area contributed by atoms with Crippen LogP contribution in [0.15, 0.2) is 65.5 Å². The van der Waals surface area contributed by atoms with Crippen molar-refractivity contribution in [1.29, 1.82) is 0 Å². The van der Waals surface area contributed by atoms with E-state index in [-0.39, 0.29) is 0 Å². The molecule has 0 bridgehead atoms. The van der Waals surface area contributed by atoms with Gasteiger partial charge in [0.25, 0.3) is 6.33 Å². The first kappa shape index (κ1) is 14.4. The zero-order chi connectivity index (χ0) is 18.6. The summed E-state index contributed by atoms with van der Waals surface area (Å²) in [7, 11) is 2.08. The molecule has 0 atom stereocenters. The van der Waals surface area contributed by atoms with Crippen molar-refractivity contribution < 1.29 is 8.98 Å². The second-order valence-electron chi connectivity index (χ2n) is 7.67. The van der Waals surface area contributed by atoms with E-state index in [1.165, 1.54) is 38.3 Å². The predicted octanol–water partition coefficient (Wildman–Crippen LogP) is 5.26. The molecule has 0 fully saturated rings. The number of aryl methyl sites for hydroxylation is 2. The second-order valence-corrected chi connectivity index (χ2v) is 7.67. The van der Waals surface area contributed by atoms with Gasteiger partial charge < -0.3 is 8.82 Å². The van der Waals surface area contributed by atoms with Crippen molar-refractivity contribution in [3.63, 3.8) is 0 Å². The molecule has 4 heterocycles. The van der Waals surface area contributed by atoms with Crippen LogP contribution < -0.4 is 4.57 Å². The lowest BCUT2D eigenvalue weighted by atomic mass is 10.0. The summed E-state index contributed by atoms with van der Waals surface area (Å²) in [5, 5.41) is 6.05. The summed E-state index contributed by atoms with van der Waals surface area (Å²) in [6.45, 7) is 2.19. The summed E-state index contributed by atoms with van der Waals surface area (Å²) >= 11 is 0. The van der Waals surface area contributed by atoms with Crippen LogP contribution in [0.1, 0.15) is 5.56 Å². The molecule has 0 aliphatic heterocycles. The average molecular weight is 362 g/mol. The first-order valence-corrected chi connectivity index (χ1v) is 9.46. The van der Waals surface area contributed by atoms with E-state index in [0.717, 1.165) is 27.4 Å². The van der Waals surface area contributed by atoms with Gasteiger partial charge in [-0.05, 0) is 29.6 Å². The molecule has 0 spiro atoms. The number of aromatic nitrogens is 3. The number of para-hydroxylation sites is 1. The van der Waals surface area contributed by atoms with Gasteiger partial charge in [-0.25, -0.2) is 4.57 Å². The molecule has 28 heavy (non-hydrogen) atoms. The molecule has 0 aliphatic rings. The molecule has 0 radical (unpaired) electrons. The lowest BCUT2D eigenvalue weighted by Crippen LogP contribution is -2.30. The number of benzene rings is 3. The molecular weight excluding hydrogens is 346 g/mol. The number of hydrogen-bond acceptors (Lipinski definition) is 2. The Morgan fingerprint density at radius 3 is 2.79 bits per heavy atom. The minimum absolute atomic E-state index is 0.913. The minimum atomic E-state index is 0.913. The first-order chi connectivity index (χ1) is 13.7. The molecular formula is C24H16N3O+. The fourth-order valence-electron chi connectivity index (χ4n) is 5.00. The van der Waals surface area contributed by atoms with Crippen molar-refractivity contribution in [2.45, 2.75) is 6.92 Å². The molecule has 4 heteroatoms. The molecule has 0 saturated heterocycles. The third-order valence-electron chi connectivity index (χ3n) is 6.16. The highest BCUT2D eigenvalue weighted by atomic mass is 16.3. The Morgan fingerprint density at radius 2 is 1.86 bits per heavy atom. The number of rotatable bonds is 0. The standard InChI is InChI=1S/C24H16N3O/c1-13-7-8-16-15-5-3-4-6-18(15)27-21(16)19(13)22-20-17(25-12-26(22)2)11-14-9-10-28-24(14)23(20)27/h3-12H,1-2H3/q+1. The van der Waals surface area contributed by atoms with Crippen LogP contribution in [0.3, 0.4) is 0 Å². The summed E-state index contributed by atoms with van der Waals surface area (Å²) in [6.07, 6.45) is 3.69. The van der Waals surface area contributed by atoms with Crippen molar-refractivity contribution in [2.75, 3.05) is 0 Å². The molecule has 4 nitrogen and oxygen atoms in total. The highest BCUT2D eigenvalue weighted by Crippen LogP contribution is 2.42. The van der Waals surface area contributed by atoms with Gasteiger partial charge in [0.05, 0.1) is 24.3 Å². The van der Waals surface area contributed by atoms with E-state index in [4.69, 9.17) is 9.40 Å². The molecule has 0 saturated carbocycles. The SMILES string of the molecule is Cc1ccc2c3ccccc3n3c2c1c1c2c(cc4ccoc4c23)nc[n+]1C. The van der Waals surface area contributed by atoms with Crippen LogP contribution >= 0.6 is 0 Å². The lowest BCUT2D eigenvalue weighted by molar-refractivity contribution is -0.646. The maximum absolute atomic E-state index is 6.01. The lowest BCUT2D eigenvalue weighted by Gasteiger charge is -2.13. The van der Waals surface area contributed by atoms with Crippen LogP contribution in [0.5, 0.6) is 0 Å². The Kier molecular flexibility index (Phi) is 2.36. The Hall–Kier alpha value is -3.66. The van der Waals surface area contributed by atoms with Gasteiger partial charge in [-0.3, -0.25) is 0 Å². The van der Waals surface area contributed by atoms with Crippen LogP contribution in [0.4, 0.5) is 0 Å². The van der Waals surface area contributed by atoms with E-state index in [1.54, 1.807) is 6.26 Å². The first-order valence-electron chi connectivity index (χ1n) is 9.46. The van der Waals surface area contributed by atoms with Crippen LogP contribution in [0.25, 0.3) is 60.1 Å². The van der Waals surface area contributed by atoms with E-state index in [0.29, 0.717) is 0 Å². The van der Waals surface area contributed by atoms with Crippen molar-refractivity contribution in [3.05, 3.63) is 66.7 Å². The smallest absolute Gasteiger partial charge is 0.287 e. The molecule has 0 N–H and O–H groups in total. The topological polar surface area (TPSA) is 34.3 Å². The quantitative estimate of drug-likeness (QED) is 0.209. The molecule has 7 aromatic rings. The third kappa shape index (κ3) is 1.46. The summed E-state index contributed by atoms with van der Waals surface area (Å²) in [4.78, 5) is 4.75. The Labute approximate surface area is 159 Å². The van der Waals surface area contributed by atoms with Gasteiger partial charge in [0, 0.05) is 27.6 Å². The number of furan rings is 1. The summed E-state index contributed by atoms with van der Waals surface area (Å²) in [5.74, 6) is 0. The number of pyridine rings is 1. The van der Waals surface area contributed by atoms with E-state index in [9.17, 15) is 0 Å². The van der Waals surface area contributed by atoms with E-state index in [2.05, 4.69) is 65.4 Å². The third-order valence-corrected chi connectivity index (χ3v) is 6.16. The van der Waals surface area contributed by atoms with Crippen molar-refractivity contribution in [3.8, 4) is 0 Å². The Bertz CT molecular complexity index is 1730. The number of hydrogen-bond donors (Lipinski definition) is 0. The molecule has 0 unspecified atom stereocenters. The van der Waals surface area contributed by atoms with E-state index >= 15 is 0 Å². The molecule has 0 aliphatic carbocycles. The molecule has 3 aromatic carbocycles. The second kappa shape index (κ2) is 4.60. The zero-order valence-electron chi connectivity index (χ0n) is 15.5. The monoisotopic (exact) mass is 362 g/mol. The average Bonchev–Trinajstić information content (AvgIpc) is 3.31. The van der Waals surface area contributed by atoms with Gasteiger partial charge in [0.1, 0.15) is 16.4 Å². The molecule has 132 valence electrons. The molecule has 4 aromatic heterocycles. The Balaban J connectivity index is 2.06. The largest absolute Gasteiger partial charge is 0.462 e. The minimum Gasteiger partial charge on any atom is -0.462 e. The van der Waals surface area contributed by atoms with Crippen molar-refractivity contribution in [1.82, 2.24) is 9.38 Å². The molecule has 7 rings (SSSR count). The normalized spacial score (nSPS) is 12.6. The van der Waals surface area contributed by atoms with Gasteiger partial charge in [-0.1, -0.05) is 30.3 Å². The number of nitrogens with zero attached hydrogens (tertiary/aromatic N) is 3. The van der Waals surface area contributed by atoms with Gasteiger partial charge in [-0.15, -0.1) is 0 Å². The van der Waals surface area contributed by atoms with Gasteiger partial charge >= 0.3 is 0 Å². The zero-order valence-corrected chi connectivity index (χ0v) is 15.5. The summed E-state index contributed by atoms with van der Waals surface area (Å²) in [6, 6.07) is 17.3. The van der Waals surface area contributed by atoms with Crippen LogP contribution in [-0.2, 0) is 7.05 Å². The number of fused-ring (bicyclic) bond motifs is 7. The van der Waals surface area contributed by atoms with Gasteiger partial charge in [-0.2, -0.15) is 0 Å².